The lowest BCUT2D eigenvalue weighted by atomic mass is 10.2. The van der Waals surface area contributed by atoms with Crippen LogP contribution >= 0.6 is 0 Å². The summed E-state index contributed by atoms with van der Waals surface area (Å²) >= 11 is 0. The molecule has 1 unspecified atom stereocenters. The Balaban J connectivity index is 1.52. The first-order valence-corrected chi connectivity index (χ1v) is 10.2. The van der Waals surface area contributed by atoms with Crippen LogP contribution in [0, 0.1) is 0 Å². The highest BCUT2D eigenvalue weighted by Crippen LogP contribution is 2.12. The molecule has 7 nitrogen and oxygen atoms in total. The lowest BCUT2D eigenvalue weighted by Crippen LogP contribution is -2.38. The molecule has 1 aliphatic rings. The monoisotopic (exact) mass is 393 g/mol. The van der Waals surface area contributed by atoms with Gasteiger partial charge in [-0.3, -0.25) is 4.99 Å². The highest BCUT2D eigenvalue weighted by molar-refractivity contribution is 5.79. The van der Waals surface area contributed by atoms with Gasteiger partial charge in [0.05, 0.1) is 26.4 Å². The van der Waals surface area contributed by atoms with Crippen molar-refractivity contribution in [2.75, 3.05) is 53.2 Å². The van der Waals surface area contributed by atoms with Crippen LogP contribution in [0.2, 0.25) is 0 Å². The van der Waals surface area contributed by atoms with Crippen molar-refractivity contribution in [3.8, 4) is 5.75 Å². The number of nitrogens with one attached hydrogen (secondary N) is 2. The van der Waals surface area contributed by atoms with Gasteiger partial charge < -0.3 is 29.6 Å². The summed E-state index contributed by atoms with van der Waals surface area (Å²) in [5.41, 5.74) is 1.14. The molecule has 0 aromatic heterocycles. The summed E-state index contributed by atoms with van der Waals surface area (Å²) < 4.78 is 22.0. The molecule has 1 fully saturated rings. The van der Waals surface area contributed by atoms with E-state index in [4.69, 9.17) is 18.9 Å². The first kappa shape index (κ1) is 22.5. The molecule has 0 spiro atoms. The number of nitrogens with zero attached hydrogens (tertiary/aromatic N) is 1. The maximum Gasteiger partial charge on any atom is 0.191 e. The van der Waals surface area contributed by atoms with Gasteiger partial charge in [0.15, 0.2) is 5.96 Å². The normalized spacial score (nSPS) is 16.9. The minimum absolute atomic E-state index is 0.278. The Bertz CT molecular complexity index is 545. The molecule has 1 aliphatic heterocycles. The Morgan fingerprint density at radius 3 is 2.75 bits per heavy atom. The van der Waals surface area contributed by atoms with Crippen LogP contribution in [0.25, 0.3) is 0 Å². The van der Waals surface area contributed by atoms with E-state index >= 15 is 0 Å². The molecule has 2 rings (SSSR count). The van der Waals surface area contributed by atoms with Crippen LogP contribution in [0.5, 0.6) is 5.75 Å². The molecule has 1 atom stereocenters. The fraction of sp³-hybridized carbons (Fsp3) is 0.667. The largest absolute Gasteiger partial charge is 0.497 e. The van der Waals surface area contributed by atoms with E-state index in [-0.39, 0.29) is 6.10 Å². The van der Waals surface area contributed by atoms with Crippen molar-refractivity contribution in [2.24, 2.45) is 4.99 Å². The van der Waals surface area contributed by atoms with Gasteiger partial charge in [0.1, 0.15) is 5.75 Å². The van der Waals surface area contributed by atoms with Gasteiger partial charge in [-0.2, -0.15) is 0 Å². The number of methoxy groups -OCH3 is 1. The first-order chi connectivity index (χ1) is 13.8. The predicted molar refractivity (Wildman–Crippen MR) is 111 cm³/mol. The molecule has 0 aliphatic carbocycles. The first-order valence-electron chi connectivity index (χ1n) is 10.2. The molecule has 0 amide bonds. The molecule has 1 aromatic rings. The van der Waals surface area contributed by atoms with Gasteiger partial charge in [-0.25, -0.2) is 0 Å². The lowest BCUT2D eigenvalue weighted by molar-refractivity contribution is 0.0420. The van der Waals surface area contributed by atoms with Crippen molar-refractivity contribution in [3.63, 3.8) is 0 Å². The van der Waals surface area contributed by atoms with Crippen molar-refractivity contribution in [1.29, 1.82) is 0 Å². The van der Waals surface area contributed by atoms with E-state index in [0.717, 1.165) is 76.0 Å². The Hall–Kier alpha value is -1.83. The zero-order chi connectivity index (χ0) is 19.9. The molecule has 1 aromatic carbocycles. The third-order valence-electron chi connectivity index (χ3n) is 4.34. The van der Waals surface area contributed by atoms with Gasteiger partial charge in [-0.15, -0.1) is 0 Å². The van der Waals surface area contributed by atoms with Gasteiger partial charge in [-0.05, 0) is 43.9 Å². The summed E-state index contributed by atoms with van der Waals surface area (Å²) in [6, 6.07) is 7.94. The SMILES string of the molecule is CCNC(=NCCCOCc1ccc(OC)cc1)NCCCOC1CCOC1. The van der Waals surface area contributed by atoms with Crippen LogP contribution in [0.15, 0.2) is 29.3 Å². The maximum absolute atomic E-state index is 5.77. The van der Waals surface area contributed by atoms with Gasteiger partial charge in [0, 0.05) is 39.5 Å². The molecule has 7 heteroatoms. The Morgan fingerprint density at radius 1 is 1.18 bits per heavy atom. The zero-order valence-corrected chi connectivity index (χ0v) is 17.2. The maximum atomic E-state index is 5.77. The molecular weight excluding hydrogens is 358 g/mol. The minimum atomic E-state index is 0.278. The third-order valence-corrected chi connectivity index (χ3v) is 4.34. The topological polar surface area (TPSA) is 73.3 Å². The Morgan fingerprint density at radius 2 is 2.04 bits per heavy atom. The number of ether oxygens (including phenoxy) is 4. The standard InChI is InChI=1S/C21H35N3O4/c1-3-22-21(24-12-5-14-28-20-10-15-27-17-20)23-11-4-13-26-16-18-6-8-19(25-2)9-7-18/h6-9,20H,3-5,10-17H2,1-2H3,(H2,22,23,24). The van der Waals surface area contributed by atoms with Gasteiger partial charge >= 0.3 is 0 Å². The summed E-state index contributed by atoms with van der Waals surface area (Å²) in [6.07, 6.45) is 3.13. The highest BCUT2D eigenvalue weighted by Gasteiger charge is 2.15. The van der Waals surface area contributed by atoms with E-state index in [2.05, 4.69) is 22.5 Å². The van der Waals surface area contributed by atoms with Crippen molar-refractivity contribution < 1.29 is 18.9 Å². The predicted octanol–water partition coefficient (Wildman–Crippen LogP) is 2.35. The van der Waals surface area contributed by atoms with Crippen molar-refractivity contribution >= 4 is 5.96 Å². The second-order valence-electron chi connectivity index (χ2n) is 6.65. The van der Waals surface area contributed by atoms with E-state index in [1.807, 2.05) is 24.3 Å². The van der Waals surface area contributed by atoms with Crippen LogP contribution in [-0.4, -0.2) is 65.2 Å². The number of rotatable bonds is 13. The fourth-order valence-electron chi connectivity index (χ4n) is 2.78. The number of hydrogen-bond acceptors (Lipinski definition) is 5. The molecule has 2 N–H and O–H groups in total. The molecule has 0 radical (unpaired) electrons. The number of aliphatic imine (C=N–C) groups is 1. The molecule has 1 heterocycles. The summed E-state index contributed by atoms with van der Waals surface area (Å²) in [5.74, 6) is 1.71. The minimum Gasteiger partial charge on any atom is -0.497 e. The molecule has 0 bridgehead atoms. The summed E-state index contributed by atoms with van der Waals surface area (Å²) in [7, 11) is 1.67. The lowest BCUT2D eigenvalue weighted by Gasteiger charge is -2.13. The van der Waals surface area contributed by atoms with Crippen LogP contribution in [0.3, 0.4) is 0 Å². The highest BCUT2D eigenvalue weighted by atomic mass is 16.5. The third kappa shape index (κ3) is 9.39. The molecule has 1 saturated heterocycles. The molecule has 28 heavy (non-hydrogen) atoms. The number of hydrogen-bond donors (Lipinski definition) is 2. The smallest absolute Gasteiger partial charge is 0.191 e. The summed E-state index contributed by atoms with van der Waals surface area (Å²) in [5, 5.41) is 6.62. The van der Waals surface area contributed by atoms with Gasteiger partial charge in [0.2, 0.25) is 0 Å². The summed E-state index contributed by atoms with van der Waals surface area (Å²) in [4.78, 5) is 4.59. The van der Waals surface area contributed by atoms with Crippen molar-refractivity contribution in [1.82, 2.24) is 10.6 Å². The molecule has 158 valence electrons. The summed E-state index contributed by atoms with van der Waals surface area (Å²) in [6.45, 7) is 8.08. The van der Waals surface area contributed by atoms with Crippen LogP contribution in [-0.2, 0) is 20.8 Å². The van der Waals surface area contributed by atoms with Crippen LogP contribution < -0.4 is 15.4 Å². The second kappa shape index (κ2) is 14.2. The van der Waals surface area contributed by atoms with Gasteiger partial charge in [-0.1, -0.05) is 12.1 Å². The van der Waals surface area contributed by atoms with E-state index in [9.17, 15) is 0 Å². The second-order valence-corrected chi connectivity index (χ2v) is 6.65. The van der Waals surface area contributed by atoms with Crippen molar-refractivity contribution in [2.45, 2.75) is 38.9 Å². The van der Waals surface area contributed by atoms with E-state index in [1.165, 1.54) is 0 Å². The Labute approximate surface area is 168 Å². The fourth-order valence-corrected chi connectivity index (χ4v) is 2.78. The Kier molecular flexibility index (Phi) is 11.4. The zero-order valence-electron chi connectivity index (χ0n) is 17.2. The number of benzene rings is 1. The van der Waals surface area contributed by atoms with Gasteiger partial charge in [0.25, 0.3) is 0 Å². The quantitative estimate of drug-likeness (QED) is 0.304. The van der Waals surface area contributed by atoms with Crippen LogP contribution in [0.1, 0.15) is 31.7 Å². The average Bonchev–Trinajstić information content (AvgIpc) is 3.24. The van der Waals surface area contributed by atoms with Crippen LogP contribution in [0.4, 0.5) is 0 Å². The van der Waals surface area contributed by atoms with E-state index in [0.29, 0.717) is 13.2 Å². The van der Waals surface area contributed by atoms with E-state index in [1.54, 1.807) is 7.11 Å². The molecular formula is C21H35N3O4. The van der Waals surface area contributed by atoms with E-state index < -0.39 is 0 Å². The average molecular weight is 394 g/mol. The van der Waals surface area contributed by atoms with Crippen molar-refractivity contribution in [3.05, 3.63) is 29.8 Å². The molecule has 0 saturated carbocycles. The number of guanidine groups is 1.